The van der Waals surface area contributed by atoms with Gasteiger partial charge in [0, 0.05) is 39.8 Å². The molecule has 0 unspecified atom stereocenters. The van der Waals surface area contributed by atoms with Crippen LogP contribution in [0.15, 0.2) is 60.7 Å². The molecule has 2 aliphatic rings. The molecule has 0 saturated carbocycles. The first-order valence-electron chi connectivity index (χ1n) is 11.6. The van der Waals surface area contributed by atoms with Crippen molar-refractivity contribution in [3.63, 3.8) is 0 Å². The Labute approximate surface area is 190 Å². The van der Waals surface area contributed by atoms with Crippen LogP contribution in [0.25, 0.3) is 0 Å². The number of rotatable bonds is 9. The minimum Gasteiger partial charge on any atom is -0.383 e. The zero-order valence-electron chi connectivity index (χ0n) is 18.9. The second-order valence-electron chi connectivity index (χ2n) is 8.77. The third-order valence-corrected chi connectivity index (χ3v) is 6.76. The van der Waals surface area contributed by atoms with Crippen LogP contribution >= 0.6 is 0 Å². The fourth-order valence-corrected chi connectivity index (χ4v) is 4.96. The molecule has 6 heteroatoms. The number of hydrogen-bond acceptors (Lipinski definition) is 4. The molecule has 2 heterocycles. The van der Waals surface area contributed by atoms with Crippen LogP contribution in [0.4, 0.5) is 4.79 Å². The van der Waals surface area contributed by atoms with Crippen LogP contribution < -0.4 is 0 Å². The molecule has 0 aliphatic carbocycles. The Hall–Kier alpha value is -2.70. The van der Waals surface area contributed by atoms with Gasteiger partial charge in [0.15, 0.2) is 0 Å². The van der Waals surface area contributed by atoms with Crippen molar-refractivity contribution in [3.8, 4) is 0 Å². The number of likely N-dealkylation sites (tertiary alicyclic amines) is 1. The van der Waals surface area contributed by atoms with E-state index < -0.39 is 5.54 Å². The lowest BCUT2D eigenvalue weighted by Crippen LogP contribution is -2.57. The number of hydrogen-bond donors (Lipinski definition) is 0. The highest BCUT2D eigenvalue weighted by atomic mass is 16.5. The number of amides is 3. The van der Waals surface area contributed by atoms with Gasteiger partial charge in [0.25, 0.3) is 5.91 Å². The van der Waals surface area contributed by atoms with Crippen LogP contribution in [-0.4, -0.2) is 72.1 Å². The van der Waals surface area contributed by atoms with E-state index in [0.29, 0.717) is 32.5 Å². The molecule has 2 aromatic rings. The van der Waals surface area contributed by atoms with Gasteiger partial charge in [0.2, 0.25) is 0 Å². The SMILES string of the molecule is COCCN1C(=O)N(CCCc2ccccc2)C(=O)C12CCN(Cc1ccccc1)CC2. The number of methoxy groups -OCH3 is 1. The number of imide groups is 1. The number of carbonyl (C=O) groups excluding carboxylic acids is 2. The molecule has 2 aromatic carbocycles. The van der Waals surface area contributed by atoms with Gasteiger partial charge >= 0.3 is 6.03 Å². The summed E-state index contributed by atoms with van der Waals surface area (Å²) in [5, 5.41) is 0. The molecule has 32 heavy (non-hydrogen) atoms. The van der Waals surface area contributed by atoms with E-state index in [1.165, 1.54) is 16.0 Å². The molecule has 2 saturated heterocycles. The van der Waals surface area contributed by atoms with E-state index in [2.05, 4.69) is 41.3 Å². The second-order valence-corrected chi connectivity index (χ2v) is 8.77. The Balaban J connectivity index is 1.42. The van der Waals surface area contributed by atoms with E-state index in [1.807, 2.05) is 24.3 Å². The van der Waals surface area contributed by atoms with Crippen LogP contribution in [0.5, 0.6) is 0 Å². The summed E-state index contributed by atoms with van der Waals surface area (Å²) in [4.78, 5) is 32.5. The first kappa shape index (κ1) is 22.5. The number of aryl methyl sites for hydroxylation is 1. The molecule has 170 valence electrons. The Morgan fingerprint density at radius 3 is 2.12 bits per heavy atom. The number of piperidine rings is 1. The van der Waals surface area contributed by atoms with E-state index in [4.69, 9.17) is 4.74 Å². The van der Waals surface area contributed by atoms with Crippen molar-refractivity contribution < 1.29 is 14.3 Å². The zero-order chi connectivity index (χ0) is 22.4. The van der Waals surface area contributed by atoms with Gasteiger partial charge < -0.3 is 9.64 Å². The first-order chi connectivity index (χ1) is 15.6. The van der Waals surface area contributed by atoms with Crippen molar-refractivity contribution in [2.75, 3.05) is 39.9 Å². The average Bonchev–Trinajstić information content (AvgIpc) is 3.01. The van der Waals surface area contributed by atoms with E-state index in [1.54, 1.807) is 12.0 Å². The molecule has 6 nitrogen and oxygen atoms in total. The van der Waals surface area contributed by atoms with Crippen LogP contribution in [0.3, 0.4) is 0 Å². The minimum absolute atomic E-state index is 0.0222. The summed E-state index contributed by atoms with van der Waals surface area (Å²) < 4.78 is 5.26. The number of benzene rings is 2. The van der Waals surface area contributed by atoms with Gasteiger partial charge in [-0.2, -0.15) is 0 Å². The molecule has 0 radical (unpaired) electrons. The maximum absolute atomic E-state index is 13.6. The van der Waals surface area contributed by atoms with Gasteiger partial charge in [-0.1, -0.05) is 60.7 Å². The Bertz CT molecular complexity index is 895. The predicted molar refractivity (Wildman–Crippen MR) is 124 cm³/mol. The lowest BCUT2D eigenvalue weighted by atomic mass is 9.85. The Kier molecular flexibility index (Phi) is 7.22. The highest BCUT2D eigenvalue weighted by Gasteiger charge is 2.57. The van der Waals surface area contributed by atoms with Gasteiger partial charge in [-0.05, 0) is 36.8 Å². The average molecular weight is 436 g/mol. The summed E-state index contributed by atoms with van der Waals surface area (Å²) >= 11 is 0. The van der Waals surface area contributed by atoms with Crippen molar-refractivity contribution in [1.82, 2.24) is 14.7 Å². The fourth-order valence-electron chi connectivity index (χ4n) is 4.96. The quantitative estimate of drug-likeness (QED) is 0.565. The molecule has 0 atom stereocenters. The monoisotopic (exact) mass is 435 g/mol. The molecule has 2 fully saturated rings. The van der Waals surface area contributed by atoms with Crippen LogP contribution in [0, 0.1) is 0 Å². The van der Waals surface area contributed by atoms with Gasteiger partial charge in [0.05, 0.1) is 6.61 Å². The molecular formula is C26H33N3O3. The predicted octanol–water partition coefficient (Wildman–Crippen LogP) is 3.56. The number of nitrogens with zero attached hydrogens (tertiary/aromatic N) is 3. The number of ether oxygens (including phenoxy) is 1. The minimum atomic E-state index is -0.727. The number of carbonyl (C=O) groups is 2. The van der Waals surface area contributed by atoms with Crippen molar-refractivity contribution in [1.29, 1.82) is 0 Å². The molecule has 0 N–H and O–H groups in total. The summed E-state index contributed by atoms with van der Waals surface area (Å²) in [6.45, 7) is 3.83. The maximum Gasteiger partial charge on any atom is 0.327 e. The van der Waals surface area contributed by atoms with Crippen molar-refractivity contribution in [2.45, 2.75) is 37.8 Å². The summed E-state index contributed by atoms with van der Waals surface area (Å²) in [6, 6.07) is 20.5. The van der Waals surface area contributed by atoms with Crippen LogP contribution in [-0.2, 0) is 22.5 Å². The van der Waals surface area contributed by atoms with Gasteiger partial charge in [0.1, 0.15) is 5.54 Å². The highest BCUT2D eigenvalue weighted by Crippen LogP contribution is 2.37. The van der Waals surface area contributed by atoms with E-state index >= 15 is 0 Å². The molecule has 1 spiro atoms. The molecular weight excluding hydrogens is 402 g/mol. The molecule has 0 bridgehead atoms. The normalized spacial score (nSPS) is 18.7. The van der Waals surface area contributed by atoms with Crippen LogP contribution in [0.2, 0.25) is 0 Å². The Morgan fingerprint density at radius 2 is 1.50 bits per heavy atom. The largest absolute Gasteiger partial charge is 0.383 e. The lowest BCUT2D eigenvalue weighted by Gasteiger charge is -2.42. The summed E-state index contributed by atoms with van der Waals surface area (Å²) in [5.41, 5.74) is 1.78. The summed E-state index contributed by atoms with van der Waals surface area (Å²) in [7, 11) is 1.63. The third-order valence-electron chi connectivity index (χ3n) is 6.76. The Morgan fingerprint density at radius 1 is 0.875 bits per heavy atom. The van der Waals surface area contributed by atoms with Gasteiger partial charge in [-0.3, -0.25) is 14.6 Å². The van der Waals surface area contributed by atoms with E-state index in [9.17, 15) is 9.59 Å². The summed E-state index contributed by atoms with van der Waals surface area (Å²) in [5.74, 6) is -0.0222. The third kappa shape index (κ3) is 4.71. The molecule has 2 aliphatic heterocycles. The van der Waals surface area contributed by atoms with Crippen LogP contribution in [0.1, 0.15) is 30.4 Å². The standard InChI is InChI=1S/C26H33N3O3/c1-32-20-19-29-25(31)28(16-8-13-22-9-4-2-5-10-22)24(30)26(29)14-17-27(18-15-26)21-23-11-6-3-7-12-23/h2-7,9-12H,8,13-21H2,1H3. The maximum atomic E-state index is 13.6. The smallest absolute Gasteiger partial charge is 0.327 e. The second kappa shape index (κ2) is 10.3. The molecule has 4 rings (SSSR count). The van der Waals surface area contributed by atoms with Crippen molar-refractivity contribution in [3.05, 3.63) is 71.8 Å². The highest BCUT2D eigenvalue weighted by molar-refractivity contribution is 6.07. The summed E-state index contributed by atoms with van der Waals surface area (Å²) in [6.07, 6.45) is 2.97. The zero-order valence-corrected chi connectivity index (χ0v) is 18.9. The lowest BCUT2D eigenvalue weighted by molar-refractivity contribution is -0.136. The number of urea groups is 1. The van der Waals surface area contributed by atoms with E-state index in [-0.39, 0.29) is 11.9 Å². The first-order valence-corrected chi connectivity index (χ1v) is 11.6. The molecule has 0 aromatic heterocycles. The van der Waals surface area contributed by atoms with Gasteiger partial charge in [-0.25, -0.2) is 4.79 Å². The van der Waals surface area contributed by atoms with Crippen molar-refractivity contribution >= 4 is 11.9 Å². The molecule has 3 amide bonds. The van der Waals surface area contributed by atoms with Crippen molar-refractivity contribution in [2.24, 2.45) is 0 Å². The topological polar surface area (TPSA) is 53.1 Å². The fraction of sp³-hybridized carbons (Fsp3) is 0.462. The van der Waals surface area contributed by atoms with E-state index in [0.717, 1.165) is 32.5 Å². The van der Waals surface area contributed by atoms with Gasteiger partial charge in [-0.15, -0.1) is 0 Å².